The van der Waals surface area contributed by atoms with Gasteiger partial charge in [-0.05, 0) is 36.5 Å². The molecule has 1 atom stereocenters. The van der Waals surface area contributed by atoms with E-state index in [1.807, 2.05) is 12.3 Å². The zero-order chi connectivity index (χ0) is 10.8. The number of piperidine rings is 1. The van der Waals surface area contributed by atoms with E-state index in [4.69, 9.17) is 0 Å². The molecule has 2 aliphatic rings. The number of hydrogen-bond acceptors (Lipinski definition) is 2. The summed E-state index contributed by atoms with van der Waals surface area (Å²) in [6, 6.07) is 6.13. The van der Waals surface area contributed by atoms with Gasteiger partial charge in [-0.3, -0.25) is 0 Å². The Morgan fingerprint density at radius 2 is 2.31 bits per heavy atom. The van der Waals surface area contributed by atoms with Crippen LogP contribution in [0.2, 0.25) is 0 Å². The molecule has 16 heavy (non-hydrogen) atoms. The van der Waals surface area contributed by atoms with Gasteiger partial charge in [-0.25, -0.2) is 4.98 Å². The van der Waals surface area contributed by atoms with Gasteiger partial charge in [0.05, 0.1) is 0 Å². The number of fused-ring (bicyclic) bond motifs is 1. The number of pyridine rings is 1. The zero-order valence-electron chi connectivity index (χ0n) is 9.34. The number of allylic oxidation sites excluding steroid dienone is 3. The van der Waals surface area contributed by atoms with Crippen molar-refractivity contribution in [3.8, 4) is 0 Å². The Morgan fingerprint density at radius 3 is 3.19 bits per heavy atom. The van der Waals surface area contributed by atoms with E-state index in [0.717, 1.165) is 24.8 Å². The fourth-order valence-electron chi connectivity index (χ4n) is 2.55. The van der Waals surface area contributed by atoms with E-state index in [1.165, 1.54) is 12.8 Å². The van der Waals surface area contributed by atoms with Gasteiger partial charge >= 0.3 is 0 Å². The fourth-order valence-corrected chi connectivity index (χ4v) is 2.55. The molecule has 2 heteroatoms. The molecule has 0 amide bonds. The van der Waals surface area contributed by atoms with E-state index in [-0.39, 0.29) is 0 Å². The maximum Gasteiger partial charge on any atom is 0.128 e. The molecule has 1 aromatic rings. The average Bonchev–Trinajstić information content (AvgIpc) is 2.39. The lowest BCUT2D eigenvalue weighted by molar-refractivity contribution is 0.500. The van der Waals surface area contributed by atoms with Gasteiger partial charge in [0.2, 0.25) is 0 Å². The SMILES string of the molecule is C1=CCC2CCN(c3ccccn3)CC2=C1. The molecule has 0 spiro atoms. The van der Waals surface area contributed by atoms with Crippen LogP contribution in [0.25, 0.3) is 0 Å². The van der Waals surface area contributed by atoms with Crippen molar-refractivity contribution in [2.75, 3.05) is 18.0 Å². The lowest BCUT2D eigenvalue weighted by Gasteiger charge is -2.35. The van der Waals surface area contributed by atoms with E-state index < -0.39 is 0 Å². The van der Waals surface area contributed by atoms with Crippen molar-refractivity contribution in [2.24, 2.45) is 5.92 Å². The second-order valence-electron chi connectivity index (χ2n) is 4.50. The Bertz CT molecular complexity index is 420. The Labute approximate surface area is 96.3 Å². The summed E-state index contributed by atoms with van der Waals surface area (Å²) in [5.41, 5.74) is 1.57. The Morgan fingerprint density at radius 1 is 1.31 bits per heavy atom. The van der Waals surface area contributed by atoms with Crippen LogP contribution in [0, 0.1) is 5.92 Å². The fraction of sp³-hybridized carbons (Fsp3) is 0.357. The monoisotopic (exact) mass is 212 g/mol. The molecule has 0 radical (unpaired) electrons. The van der Waals surface area contributed by atoms with Gasteiger partial charge in [0.1, 0.15) is 5.82 Å². The lowest BCUT2D eigenvalue weighted by atomic mass is 9.85. The molecule has 2 nitrogen and oxygen atoms in total. The van der Waals surface area contributed by atoms with E-state index in [2.05, 4.69) is 40.2 Å². The summed E-state index contributed by atoms with van der Waals surface area (Å²) in [6.07, 6.45) is 11.1. The van der Waals surface area contributed by atoms with E-state index in [1.54, 1.807) is 5.57 Å². The predicted octanol–water partition coefficient (Wildman–Crippen LogP) is 2.79. The Balaban J connectivity index is 1.80. The first-order valence-corrected chi connectivity index (χ1v) is 5.95. The van der Waals surface area contributed by atoms with E-state index in [9.17, 15) is 0 Å². The molecule has 0 saturated carbocycles. The summed E-state index contributed by atoms with van der Waals surface area (Å²) in [7, 11) is 0. The molecule has 1 fully saturated rings. The highest BCUT2D eigenvalue weighted by atomic mass is 15.2. The molecule has 1 saturated heterocycles. The summed E-state index contributed by atoms with van der Waals surface area (Å²) in [5.74, 6) is 1.89. The molecule has 3 rings (SSSR count). The first kappa shape index (κ1) is 9.64. The highest BCUT2D eigenvalue weighted by Crippen LogP contribution is 2.30. The molecular formula is C14H16N2. The quantitative estimate of drug-likeness (QED) is 0.711. The third-order valence-corrected chi connectivity index (χ3v) is 3.49. The molecule has 1 aliphatic carbocycles. The number of anilines is 1. The van der Waals surface area contributed by atoms with Crippen LogP contribution < -0.4 is 4.90 Å². The summed E-state index contributed by atoms with van der Waals surface area (Å²) in [5, 5.41) is 0. The van der Waals surface area contributed by atoms with Crippen LogP contribution in [0.5, 0.6) is 0 Å². The van der Waals surface area contributed by atoms with Gasteiger partial charge in [-0.15, -0.1) is 0 Å². The molecule has 82 valence electrons. The molecule has 2 heterocycles. The minimum absolute atomic E-state index is 0.782. The summed E-state index contributed by atoms with van der Waals surface area (Å²) in [6.45, 7) is 2.18. The van der Waals surface area contributed by atoms with Crippen molar-refractivity contribution in [3.63, 3.8) is 0 Å². The second kappa shape index (κ2) is 4.12. The van der Waals surface area contributed by atoms with Gasteiger partial charge in [-0.1, -0.05) is 24.3 Å². The summed E-state index contributed by atoms with van der Waals surface area (Å²) >= 11 is 0. The number of hydrogen-bond donors (Lipinski definition) is 0. The standard InChI is InChI=1S/C14H16N2/c1-2-6-13-11-16(10-8-12(13)5-1)14-7-3-4-9-15-14/h1-4,6-7,9,12H,5,8,10-11H2. The third-order valence-electron chi connectivity index (χ3n) is 3.49. The van der Waals surface area contributed by atoms with Crippen molar-refractivity contribution in [1.29, 1.82) is 0 Å². The molecule has 0 aromatic carbocycles. The first-order chi connectivity index (χ1) is 7.93. The van der Waals surface area contributed by atoms with Crippen LogP contribution in [-0.4, -0.2) is 18.1 Å². The Kier molecular flexibility index (Phi) is 2.49. The number of nitrogens with zero attached hydrogens (tertiary/aromatic N) is 2. The second-order valence-corrected chi connectivity index (χ2v) is 4.50. The summed E-state index contributed by atoms with van der Waals surface area (Å²) in [4.78, 5) is 6.80. The Hall–Kier alpha value is -1.57. The maximum absolute atomic E-state index is 4.42. The van der Waals surface area contributed by atoms with Gasteiger partial charge in [0.15, 0.2) is 0 Å². The van der Waals surface area contributed by atoms with E-state index >= 15 is 0 Å². The number of aromatic nitrogens is 1. The van der Waals surface area contributed by atoms with Crippen LogP contribution in [0.4, 0.5) is 5.82 Å². The highest BCUT2D eigenvalue weighted by Gasteiger charge is 2.24. The highest BCUT2D eigenvalue weighted by molar-refractivity contribution is 5.42. The third kappa shape index (κ3) is 1.75. The molecule has 0 N–H and O–H groups in total. The first-order valence-electron chi connectivity index (χ1n) is 5.95. The molecule has 1 unspecified atom stereocenters. The predicted molar refractivity (Wildman–Crippen MR) is 66.4 cm³/mol. The number of rotatable bonds is 1. The van der Waals surface area contributed by atoms with Crippen molar-refractivity contribution in [2.45, 2.75) is 12.8 Å². The normalized spacial score (nSPS) is 23.9. The van der Waals surface area contributed by atoms with Gasteiger partial charge in [0, 0.05) is 19.3 Å². The molecule has 1 aromatic heterocycles. The van der Waals surface area contributed by atoms with Crippen LogP contribution in [0.3, 0.4) is 0 Å². The van der Waals surface area contributed by atoms with E-state index in [0.29, 0.717) is 0 Å². The largest absolute Gasteiger partial charge is 0.353 e. The molecular weight excluding hydrogens is 196 g/mol. The van der Waals surface area contributed by atoms with Crippen LogP contribution >= 0.6 is 0 Å². The van der Waals surface area contributed by atoms with Crippen molar-refractivity contribution < 1.29 is 0 Å². The van der Waals surface area contributed by atoms with Crippen LogP contribution in [0.1, 0.15) is 12.8 Å². The van der Waals surface area contributed by atoms with Crippen molar-refractivity contribution in [3.05, 3.63) is 48.2 Å². The van der Waals surface area contributed by atoms with Crippen molar-refractivity contribution >= 4 is 5.82 Å². The van der Waals surface area contributed by atoms with Crippen LogP contribution in [0.15, 0.2) is 48.2 Å². The minimum atomic E-state index is 0.782. The van der Waals surface area contributed by atoms with Crippen molar-refractivity contribution in [1.82, 2.24) is 4.98 Å². The summed E-state index contributed by atoms with van der Waals surface area (Å²) < 4.78 is 0. The molecule has 0 bridgehead atoms. The van der Waals surface area contributed by atoms with Gasteiger partial charge in [0.25, 0.3) is 0 Å². The average molecular weight is 212 g/mol. The lowest BCUT2D eigenvalue weighted by Crippen LogP contribution is -2.36. The maximum atomic E-state index is 4.42. The zero-order valence-corrected chi connectivity index (χ0v) is 9.34. The minimum Gasteiger partial charge on any atom is -0.353 e. The van der Waals surface area contributed by atoms with Gasteiger partial charge in [-0.2, -0.15) is 0 Å². The smallest absolute Gasteiger partial charge is 0.128 e. The topological polar surface area (TPSA) is 16.1 Å². The van der Waals surface area contributed by atoms with Crippen LogP contribution in [-0.2, 0) is 0 Å². The molecule has 1 aliphatic heterocycles. The van der Waals surface area contributed by atoms with Gasteiger partial charge < -0.3 is 4.90 Å².